The molecule has 0 saturated heterocycles. The van der Waals surface area contributed by atoms with Crippen LogP contribution in [-0.4, -0.2) is 4.92 Å². The molecule has 1 aromatic carbocycles. The molecule has 5 heteroatoms. The zero-order valence-corrected chi connectivity index (χ0v) is 8.30. The lowest BCUT2D eigenvalue weighted by Gasteiger charge is -1.98. The van der Waals surface area contributed by atoms with Gasteiger partial charge in [0.25, 0.3) is 5.69 Å². The second-order valence-electron chi connectivity index (χ2n) is 3.08. The average molecular weight is 208 g/mol. The van der Waals surface area contributed by atoms with Crippen LogP contribution >= 0.6 is 11.3 Å². The topological polar surface area (TPSA) is 69.2 Å². The average Bonchev–Trinajstić information content (AvgIpc) is 2.48. The zero-order valence-electron chi connectivity index (χ0n) is 7.48. The molecule has 1 heterocycles. The molecule has 0 aliphatic rings. The molecule has 0 unspecified atom stereocenters. The summed E-state index contributed by atoms with van der Waals surface area (Å²) in [6.07, 6.45) is 0. The van der Waals surface area contributed by atoms with Crippen LogP contribution in [0.4, 0.5) is 11.4 Å². The third-order valence-corrected chi connectivity index (χ3v) is 3.07. The Hall–Kier alpha value is -1.62. The van der Waals surface area contributed by atoms with E-state index >= 15 is 0 Å². The van der Waals surface area contributed by atoms with Crippen molar-refractivity contribution in [3.63, 3.8) is 0 Å². The summed E-state index contributed by atoms with van der Waals surface area (Å²) in [5, 5.41) is 12.9. The molecule has 2 aromatic rings. The molecule has 0 aliphatic carbocycles. The van der Waals surface area contributed by atoms with Crippen LogP contribution in [0.3, 0.4) is 0 Å². The van der Waals surface area contributed by atoms with Crippen molar-refractivity contribution in [2.45, 2.75) is 6.92 Å². The Morgan fingerprint density at radius 2 is 2.21 bits per heavy atom. The second-order valence-corrected chi connectivity index (χ2v) is 3.99. The van der Waals surface area contributed by atoms with E-state index in [2.05, 4.69) is 0 Å². The van der Waals surface area contributed by atoms with Gasteiger partial charge in [-0.1, -0.05) is 0 Å². The summed E-state index contributed by atoms with van der Waals surface area (Å²) >= 11 is 1.34. The van der Waals surface area contributed by atoms with Crippen LogP contribution in [0, 0.1) is 17.0 Å². The van der Waals surface area contributed by atoms with Gasteiger partial charge in [-0.15, -0.1) is 11.3 Å². The van der Waals surface area contributed by atoms with Gasteiger partial charge >= 0.3 is 0 Å². The first-order chi connectivity index (χ1) is 6.59. The van der Waals surface area contributed by atoms with Crippen LogP contribution in [0.5, 0.6) is 0 Å². The monoisotopic (exact) mass is 208 g/mol. The molecule has 0 fully saturated rings. The second kappa shape index (κ2) is 2.95. The number of benzene rings is 1. The number of nitrogen functional groups attached to an aromatic ring is 1. The molecule has 0 bridgehead atoms. The number of anilines is 1. The van der Waals surface area contributed by atoms with Crippen molar-refractivity contribution in [3.8, 4) is 0 Å². The van der Waals surface area contributed by atoms with Crippen molar-refractivity contribution in [1.82, 2.24) is 0 Å². The van der Waals surface area contributed by atoms with Gasteiger partial charge in [-0.3, -0.25) is 10.1 Å². The van der Waals surface area contributed by atoms with Gasteiger partial charge in [0.1, 0.15) is 0 Å². The van der Waals surface area contributed by atoms with Gasteiger partial charge in [-0.25, -0.2) is 0 Å². The molecule has 1 aromatic heterocycles. The Labute approximate surface area is 84.1 Å². The first kappa shape index (κ1) is 8.96. The molecule has 2 rings (SSSR count). The summed E-state index contributed by atoms with van der Waals surface area (Å²) in [6, 6.07) is 3.54. The molecule has 0 atom stereocenters. The number of nitrogens with two attached hydrogens (primary N) is 1. The van der Waals surface area contributed by atoms with E-state index < -0.39 is 0 Å². The van der Waals surface area contributed by atoms with Crippen LogP contribution in [0.25, 0.3) is 10.1 Å². The highest BCUT2D eigenvalue weighted by Crippen LogP contribution is 2.34. The lowest BCUT2D eigenvalue weighted by molar-refractivity contribution is -0.382. The summed E-state index contributed by atoms with van der Waals surface area (Å²) in [5.74, 6) is 0. The fraction of sp³-hybridized carbons (Fsp3) is 0.111. The predicted molar refractivity (Wildman–Crippen MR) is 57.6 cm³/mol. The number of thiophene rings is 1. The third kappa shape index (κ3) is 1.22. The molecule has 0 aliphatic heterocycles. The Bertz CT molecular complexity index is 519. The highest BCUT2D eigenvalue weighted by Gasteiger charge is 2.14. The molecular formula is C9H8N2O2S. The molecule has 0 saturated carbocycles. The molecule has 0 spiro atoms. The Morgan fingerprint density at radius 3 is 2.86 bits per heavy atom. The van der Waals surface area contributed by atoms with E-state index in [1.54, 1.807) is 17.5 Å². The fourth-order valence-corrected chi connectivity index (χ4v) is 2.26. The van der Waals surface area contributed by atoms with Crippen molar-refractivity contribution < 1.29 is 4.92 Å². The van der Waals surface area contributed by atoms with Crippen molar-refractivity contribution in [1.29, 1.82) is 0 Å². The molecule has 0 radical (unpaired) electrons. The predicted octanol–water partition coefficient (Wildman–Crippen LogP) is 2.70. The van der Waals surface area contributed by atoms with E-state index in [9.17, 15) is 10.1 Å². The van der Waals surface area contributed by atoms with Crippen LogP contribution in [0.1, 0.15) is 5.56 Å². The summed E-state index contributed by atoms with van der Waals surface area (Å²) in [5.41, 5.74) is 7.42. The van der Waals surface area contributed by atoms with Gasteiger partial charge in [-0.2, -0.15) is 0 Å². The standard InChI is InChI=1S/C9H8N2O2S/c1-5-2-6-8(11(12)13)4-14-9(6)3-7(5)10/h2-4H,10H2,1H3. The normalized spacial score (nSPS) is 10.6. The first-order valence-corrected chi connectivity index (χ1v) is 4.89. The molecule has 0 amide bonds. The number of fused-ring (bicyclic) bond motifs is 1. The summed E-state index contributed by atoms with van der Waals surface area (Å²) in [6.45, 7) is 1.84. The van der Waals surface area contributed by atoms with E-state index in [4.69, 9.17) is 5.73 Å². The number of nitro groups is 1. The fourth-order valence-electron chi connectivity index (χ4n) is 1.33. The minimum Gasteiger partial charge on any atom is -0.398 e. The number of aryl methyl sites for hydroxylation is 1. The molecule has 72 valence electrons. The van der Waals surface area contributed by atoms with Crippen molar-refractivity contribution in [2.24, 2.45) is 0 Å². The van der Waals surface area contributed by atoms with E-state index in [1.807, 2.05) is 6.92 Å². The van der Waals surface area contributed by atoms with E-state index in [-0.39, 0.29) is 10.6 Å². The third-order valence-electron chi connectivity index (χ3n) is 2.14. The van der Waals surface area contributed by atoms with Crippen molar-refractivity contribution >= 4 is 32.8 Å². The summed E-state index contributed by atoms with van der Waals surface area (Å²) in [4.78, 5) is 10.3. The largest absolute Gasteiger partial charge is 0.398 e. The number of hydrogen-bond acceptors (Lipinski definition) is 4. The maximum Gasteiger partial charge on any atom is 0.287 e. The summed E-state index contributed by atoms with van der Waals surface area (Å²) < 4.78 is 0.861. The van der Waals surface area contributed by atoms with Crippen LogP contribution < -0.4 is 5.73 Å². The number of rotatable bonds is 1. The highest BCUT2D eigenvalue weighted by atomic mass is 32.1. The lowest BCUT2D eigenvalue weighted by atomic mass is 10.1. The molecule has 2 N–H and O–H groups in total. The minimum absolute atomic E-state index is 0.160. The SMILES string of the molecule is Cc1cc2c([N+](=O)[O-])csc2cc1N. The van der Waals surface area contributed by atoms with E-state index in [0.29, 0.717) is 11.1 Å². The van der Waals surface area contributed by atoms with E-state index in [0.717, 1.165) is 10.3 Å². The van der Waals surface area contributed by atoms with Crippen LogP contribution in [0.15, 0.2) is 17.5 Å². The molecule has 4 nitrogen and oxygen atoms in total. The first-order valence-electron chi connectivity index (χ1n) is 4.01. The lowest BCUT2D eigenvalue weighted by Crippen LogP contribution is -1.89. The van der Waals surface area contributed by atoms with Gasteiger partial charge in [0, 0.05) is 10.4 Å². The summed E-state index contributed by atoms with van der Waals surface area (Å²) in [7, 11) is 0. The minimum atomic E-state index is -0.367. The Balaban J connectivity index is 2.80. The molecule has 14 heavy (non-hydrogen) atoms. The van der Waals surface area contributed by atoms with Gasteiger partial charge < -0.3 is 5.73 Å². The quantitative estimate of drug-likeness (QED) is 0.445. The Morgan fingerprint density at radius 1 is 1.50 bits per heavy atom. The maximum absolute atomic E-state index is 10.7. The van der Waals surface area contributed by atoms with Crippen molar-refractivity contribution in [3.05, 3.63) is 33.2 Å². The smallest absolute Gasteiger partial charge is 0.287 e. The maximum atomic E-state index is 10.7. The van der Waals surface area contributed by atoms with Crippen molar-refractivity contribution in [2.75, 3.05) is 5.73 Å². The van der Waals surface area contributed by atoms with Crippen LogP contribution in [0.2, 0.25) is 0 Å². The van der Waals surface area contributed by atoms with Crippen LogP contribution in [-0.2, 0) is 0 Å². The van der Waals surface area contributed by atoms with E-state index in [1.165, 1.54) is 11.3 Å². The van der Waals surface area contributed by atoms with Gasteiger partial charge in [-0.05, 0) is 24.6 Å². The Kier molecular flexibility index (Phi) is 1.89. The zero-order chi connectivity index (χ0) is 10.3. The highest BCUT2D eigenvalue weighted by molar-refractivity contribution is 7.17. The number of nitrogens with zero attached hydrogens (tertiary/aromatic N) is 1. The van der Waals surface area contributed by atoms with Gasteiger partial charge in [0.2, 0.25) is 0 Å². The van der Waals surface area contributed by atoms with Gasteiger partial charge in [0.05, 0.1) is 15.7 Å². The van der Waals surface area contributed by atoms with Gasteiger partial charge in [0.15, 0.2) is 0 Å². The molecular weight excluding hydrogens is 200 g/mol. The number of hydrogen-bond donors (Lipinski definition) is 1.